The molecule has 2 aromatic carbocycles. The van der Waals surface area contributed by atoms with E-state index in [0.717, 1.165) is 12.1 Å². The molecule has 32 heavy (non-hydrogen) atoms. The Bertz CT molecular complexity index is 1060. The van der Waals surface area contributed by atoms with Crippen molar-refractivity contribution in [2.45, 2.75) is 50.1 Å². The number of halogens is 3. The molecule has 1 aliphatic heterocycles. The number of sulfonamides is 1. The zero-order chi connectivity index (χ0) is 23.7. The van der Waals surface area contributed by atoms with Gasteiger partial charge in [-0.15, -0.1) is 0 Å². The van der Waals surface area contributed by atoms with E-state index in [-0.39, 0.29) is 35.8 Å². The van der Waals surface area contributed by atoms with Gasteiger partial charge in [-0.1, -0.05) is 12.1 Å². The van der Waals surface area contributed by atoms with Crippen LogP contribution in [-0.2, 0) is 20.9 Å². The van der Waals surface area contributed by atoms with Crippen molar-refractivity contribution in [3.8, 4) is 0 Å². The molecule has 1 aliphatic rings. The summed E-state index contributed by atoms with van der Waals surface area (Å²) in [5.41, 5.74) is -0.285. The number of hydrogen-bond acceptors (Lipinski definition) is 4. The maximum absolute atomic E-state index is 12.9. The fourth-order valence-corrected chi connectivity index (χ4v) is 5.19. The number of morpholine rings is 1. The van der Waals surface area contributed by atoms with Crippen LogP contribution in [-0.4, -0.2) is 43.9 Å². The molecule has 10 heteroatoms. The number of alkyl halides is 3. The van der Waals surface area contributed by atoms with Crippen LogP contribution in [0.4, 0.5) is 13.2 Å². The van der Waals surface area contributed by atoms with Gasteiger partial charge in [0.15, 0.2) is 0 Å². The van der Waals surface area contributed by atoms with Crippen molar-refractivity contribution in [2.75, 3.05) is 13.1 Å². The number of nitrogens with one attached hydrogen (secondary N) is 1. The van der Waals surface area contributed by atoms with Crippen LogP contribution < -0.4 is 5.32 Å². The molecule has 0 saturated carbocycles. The molecule has 3 rings (SSSR count). The molecule has 1 fully saturated rings. The lowest BCUT2D eigenvalue weighted by molar-refractivity contribution is -0.137. The summed E-state index contributed by atoms with van der Waals surface area (Å²) in [5, 5.41) is 2.64. The molecule has 3 unspecified atom stereocenters. The lowest BCUT2D eigenvalue weighted by atomic mass is 10.0. The molecule has 6 nitrogen and oxygen atoms in total. The van der Waals surface area contributed by atoms with E-state index in [9.17, 15) is 26.4 Å². The fraction of sp³-hybridized carbons (Fsp3) is 0.409. The Morgan fingerprint density at radius 3 is 2.25 bits per heavy atom. The van der Waals surface area contributed by atoms with Crippen LogP contribution in [0.5, 0.6) is 0 Å². The number of carbonyl (C=O) groups excluding carboxylic acids is 1. The van der Waals surface area contributed by atoms with Gasteiger partial charge >= 0.3 is 6.18 Å². The minimum absolute atomic E-state index is 0.0567. The third-order valence-electron chi connectivity index (χ3n) is 5.20. The first-order valence-corrected chi connectivity index (χ1v) is 11.6. The SMILES string of the molecule is CC1CN(S(=O)(=O)c2ccc(C(=O)NC(C)c3cccc(C(F)(F)F)c3)cc2)CC(C)O1. The Kier molecular flexibility index (Phi) is 6.97. The third-order valence-corrected chi connectivity index (χ3v) is 7.05. The molecule has 1 amide bonds. The van der Waals surface area contributed by atoms with E-state index in [0.29, 0.717) is 5.56 Å². The quantitative estimate of drug-likeness (QED) is 0.717. The lowest BCUT2D eigenvalue weighted by Gasteiger charge is -2.34. The van der Waals surface area contributed by atoms with Crippen LogP contribution >= 0.6 is 0 Å². The van der Waals surface area contributed by atoms with Gasteiger partial charge in [-0.3, -0.25) is 4.79 Å². The van der Waals surface area contributed by atoms with Gasteiger partial charge in [-0.25, -0.2) is 8.42 Å². The van der Waals surface area contributed by atoms with E-state index in [2.05, 4.69) is 5.32 Å². The summed E-state index contributed by atoms with van der Waals surface area (Å²) >= 11 is 0. The predicted octanol–water partition coefficient (Wildman–Crippen LogP) is 3.99. The second-order valence-electron chi connectivity index (χ2n) is 7.92. The minimum Gasteiger partial charge on any atom is -0.373 e. The van der Waals surface area contributed by atoms with Crippen LogP contribution in [0.2, 0.25) is 0 Å². The molecule has 0 spiro atoms. The first-order chi connectivity index (χ1) is 14.9. The zero-order valence-electron chi connectivity index (χ0n) is 17.9. The number of ether oxygens (including phenoxy) is 1. The van der Waals surface area contributed by atoms with Crippen molar-refractivity contribution in [3.63, 3.8) is 0 Å². The van der Waals surface area contributed by atoms with Crippen molar-refractivity contribution >= 4 is 15.9 Å². The number of rotatable bonds is 5. The first-order valence-electron chi connectivity index (χ1n) is 10.1. The van der Waals surface area contributed by atoms with Gasteiger partial charge in [0.1, 0.15) is 0 Å². The van der Waals surface area contributed by atoms with Gasteiger partial charge < -0.3 is 10.1 Å². The van der Waals surface area contributed by atoms with Crippen molar-refractivity contribution in [3.05, 3.63) is 65.2 Å². The van der Waals surface area contributed by atoms with Crippen LogP contribution in [0, 0.1) is 0 Å². The van der Waals surface area contributed by atoms with Crippen LogP contribution in [0.1, 0.15) is 48.3 Å². The molecular weight excluding hydrogens is 445 g/mol. The highest BCUT2D eigenvalue weighted by molar-refractivity contribution is 7.89. The second-order valence-corrected chi connectivity index (χ2v) is 9.86. The first kappa shape index (κ1) is 24.2. The summed E-state index contributed by atoms with van der Waals surface area (Å²) < 4.78 is 71.5. The largest absolute Gasteiger partial charge is 0.416 e. The van der Waals surface area contributed by atoms with Gasteiger partial charge in [0, 0.05) is 18.7 Å². The van der Waals surface area contributed by atoms with Crippen LogP contribution in [0.25, 0.3) is 0 Å². The van der Waals surface area contributed by atoms with Gasteiger partial charge in [0.25, 0.3) is 5.91 Å². The van der Waals surface area contributed by atoms with Crippen LogP contribution in [0.15, 0.2) is 53.4 Å². The third kappa shape index (κ3) is 5.48. The monoisotopic (exact) mass is 470 g/mol. The summed E-state index contributed by atoms with van der Waals surface area (Å²) in [5.74, 6) is -0.521. The maximum atomic E-state index is 12.9. The van der Waals surface area contributed by atoms with Gasteiger partial charge in [-0.05, 0) is 62.7 Å². The average molecular weight is 471 g/mol. The molecule has 2 aromatic rings. The van der Waals surface area contributed by atoms with Crippen molar-refractivity contribution in [1.29, 1.82) is 0 Å². The summed E-state index contributed by atoms with van der Waals surface area (Å²) in [4.78, 5) is 12.6. The van der Waals surface area contributed by atoms with E-state index >= 15 is 0 Å². The molecule has 1 N–H and O–H groups in total. The Hall–Kier alpha value is -2.43. The fourth-order valence-electron chi connectivity index (χ4n) is 3.60. The number of carbonyl (C=O) groups is 1. The van der Waals surface area contributed by atoms with E-state index in [1.807, 2.05) is 0 Å². The lowest BCUT2D eigenvalue weighted by Crippen LogP contribution is -2.48. The average Bonchev–Trinajstić information content (AvgIpc) is 2.72. The summed E-state index contributed by atoms with van der Waals surface area (Å²) in [6, 6.07) is 9.53. The highest BCUT2D eigenvalue weighted by Gasteiger charge is 2.32. The molecule has 0 bridgehead atoms. The van der Waals surface area contributed by atoms with Crippen LogP contribution in [0.3, 0.4) is 0 Å². The molecule has 174 valence electrons. The Balaban J connectivity index is 1.71. The molecule has 0 aromatic heterocycles. The summed E-state index contributed by atoms with van der Waals surface area (Å²) in [6.45, 7) is 5.66. The smallest absolute Gasteiger partial charge is 0.373 e. The van der Waals surface area contributed by atoms with Gasteiger partial charge in [0.2, 0.25) is 10.0 Å². The van der Waals surface area contributed by atoms with Crippen molar-refractivity contribution in [1.82, 2.24) is 9.62 Å². The molecule has 0 aliphatic carbocycles. The molecule has 1 heterocycles. The van der Waals surface area contributed by atoms with Gasteiger partial charge in [-0.2, -0.15) is 17.5 Å². The second kappa shape index (κ2) is 9.21. The standard InChI is InChI=1S/C22H25F3N2O4S/c1-14-12-27(13-15(2)31-14)32(29,30)20-9-7-17(8-10-20)21(28)26-16(3)18-5-4-6-19(11-18)22(23,24)25/h4-11,14-16H,12-13H2,1-3H3,(H,26,28). The molecular formula is C22H25F3N2O4S. The number of benzene rings is 2. The zero-order valence-corrected chi connectivity index (χ0v) is 18.7. The molecule has 3 atom stereocenters. The van der Waals surface area contributed by atoms with Crippen molar-refractivity contribution < 1.29 is 31.1 Å². The summed E-state index contributed by atoms with van der Waals surface area (Å²) in [7, 11) is -3.74. The van der Waals surface area contributed by atoms with Gasteiger partial charge in [0.05, 0.1) is 28.7 Å². The highest BCUT2D eigenvalue weighted by Crippen LogP contribution is 2.30. The number of hydrogen-bond donors (Lipinski definition) is 1. The molecule has 1 saturated heterocycles. The number of amides is 1. The Morgan fingerprint density at radius 2 is 1.69 bits per heavy atom. The van der Waals surface area contributed by atoms with Crippen molar-refractivity contribution in [2.24, 2.45) is 0 Å². The topological polar surface area (TPSA) is 75.7 Å². The predicted molar refractivity (Wildman–Crippen MR) is 113 cm³/mol. The van der Waals surface area contributed by atoms with E-state index in [1.54, 1.807) is 20.8 Å². The van der Waals surface area contributed by atoms with E-state index < -0.39 is 33.7 Å². The normalized spacial score (nSPS) is 21.2. The maximum Gasteiger partial charge on any atom is 0.416 e. The number of nitrogens with zero attached hydrogens (tertiary/aromatic N) is 1. The van der Waals surface area contributed by atoms with E-state index in [4.69, 9.17) is 4.74 Å². The minimum atomic E-state index is -4.48. The Morgan fingerprint density at radius 1 is 1.09 bits per heavy atom. The molecule has 0 radical (unpaired) electrons. The Labute approximate surface area is 185 Å². The summed E-state index contributed by atoms with van der Waals surface area (Å²) in [6.07, 6.45) is -4.93. The van der Waals surface area contributed by atoms with E-state index in [1.165, 1.54) is 40.7 Å². The highest BCUT2D eigenvalue weighted by atomic mass is 32.2.